The number of hydrogen-bond acceptors (Lipinski definition) is 3. The van der Waals surface area contributed by atoms with Crippen molar-refractivity contribution in [1.82, 2.24) is 6.15 Å². The quantitative estimate of drug-likeness (QED) is 0.838. The summed E-state index contributed by atoms with van der Waals surface area (Å²) in [5, 5.41) is 0. The smallest absolute Gasteiger partial charge is 0.344 e. The molecule has 3 nitrogen and oxygen atoms in total. The molecule has 0 heterocycles. The first kappa shape index (κ1) is 17.1. The Bertz CT molecular complexity index is 379. The van der Waals surface area contributed by atoms with Crippen LogP contribution in [0.15, 0.2) is 29.2 Å². The Morgan fingerprint density at radius 2 is 1.78 bits per heavy atom. The van der Waals surface area contributed by atoms with Gasteiger partial charge in [0.15, 0.2) is 11.1 Å². The van der Waals surface area contributed by atoms with E-state index in [1.807, 2.05) is 6.92 Å². The van der Waals surface area contributed by atoms with Gasteiger partial charge in [-0.05, 0) is 30.7 Å². The SMILES string of the molecule is CCCCOS(=O)c1ccc(C(F)(F)F)cc1.N. The van der Waals surface area contributed by atoms with Gasteiger partial charge in [0.2, 0.25) is 0 Å². The van der Waals surface area contributed by atoms with Gasteiger partial charge in [0, 0.05) is 0 Å². The van der Waals surface area contributed by atoms with Crippen LogP contribution in [0.25, 0.3) is 0 Å². The molecule has 1 rings (SSSR count). The van der Waals surface area contributed by atoms with E-state index < -0.39 is 22.8 Å². The van der Waals surface area contributed by atoms with E-state index >= 15 is 0 Å². The van der Waals surface area contributed by atoms with E-state index in [9.17, 15) is 17.4 Å². The number of unbranched alkanes of at least 4 members (excludes halogenated alkanes) is 1. The minimum absolute atomic E-state index is 0. The Balaban J connectivity index is 0.00000289. The van der Waals surface area contributed by atoms with E-state index in [1.165, 1.54) is 12.1 Å². The molecule has 0 bridgehead atoms. The van der Waals surface area contributed by atoms with Gasteiger partial charge in [0.25, 0.3) is 0 Å². The Morgan fingerprint density at radius 1 is 1.22 bits per heavy atom. The molecule has 104 valence electrons. The highest BCUT2D eigenvalue weighted by atomic mass is 32.2. The maximum Gasteiger partial charge on any atom is 0.416 e. The monoisotopic (exact) mass is 283 g/mol. The van der Waals surface area contributed by atoms with Crippen LogP contribution in [0, 0.1) is 0 Å². The summed E-state index contributed by atoms with van der Waals surface area (Å²) >= 11 is -1.69. The summed E-state index contributed by atoms with van der Waals surface area (Å²) in [4.78, 5) is 0.245. The third-order valence-corrected chi connectivity index (χ3v) is 3.10. The zero-order chi connectivity index (χ0) is 12.9. The molecule has 0 fully saturated rings. The van der Waals surface area contributed by atoms with E-state index in [0.717, 1.165) is 25.0 Å². The molecule has 0 saturated heterocycles. The average Bonchev–Trinajstić information content (AvgIpc) is 2.28. The van der Waals surface area contributed by atoms with Gasteiger partial charge in [-0.15, -0.1) is 0 Å². The van der Waals surface area contributed by atoms with E-state index in [-0.39, 0.29) is 11.0 Å². The second-order valence-electron chi connectivity index (χ2n) is 3.43. The van der Waals surface area contributed by atoms with Gasteiger partial charge in [0.1, 0.15) is 0 Å². The molecule has 0 aromatic heterocycles. The van der Waals surface area contributed by atoms with Crippen molar-refractivity contribution in [3.8, 4) is 0 Å². The highest BCUT2D eigenvalue weighted by Crippen LogP contribution is 2.29. The van der Waals surface area contributed by atoms with Crippen LogP contribution >= 0.6 is 0 Å². The zero-order valence-corrected chi connectivity index (χ0v) is 10.8. The molecule has 7 heteroatoms. The van der Waals surface area contributed by atoms with Crippen molar-refractivity contribution < 1.29 is 21.6 Å². The number of hydrogen-bond donors (Lipinski definition) is 1. The van der Waals surface area contributed by atoms with Gasteiger partial charge < -0.3 is 6.15 Å². The average molecular weight is 283 g/mol. The largest absolute Gasteiger partial charge is 0.416 e. The number of benzene rings is 1. The first-order valence-corrected chi connectivity index (χ1v) is 6.25. The molecule has 0 aliphatic rings. The predicted octanol–water partition coefficient (Wildman–Crippen LogP) is 3.71. The second-order valence-corrected chi connectivity index (χ2v) is 4.61. The van der Waals surface area contributed by atoms with Crippen molar-refractivity contribution in [1.29, 1.82) is 0 Å². The fraction of sp³-hybridized carbons (Fsp3) is 0.455. The lowest BCUT2D eigenvalue weighted by Gasteiger charge is -2.07. The topological polar surface area (TPSA) is 61.3 Å². The molecule has 0 aliphatic carbocycles. The maximum atomic E-state index is 12.3. The molecule has 1 atom stereocenters. The predicted molar refractivity (Wildman–Crippen MR) is 63.7 cm³/mol. The lowest BCUT2D eigenvalue weighted by Crippen LogP contribution is -2.05. The highest BCUT2D eigenvalue weighted by Gasteiger charge is 2.30. The number of halogens is 3. The lowest BCUT2D eigenvalue weighted by atomic mass is 10.2. The molecule has 0 saturated carbocycles. The van der Waals surface area contributed by atoms with Crippen LogP contribution in [0.3, 0.4) is 0 Å². The maximum absolute atomic E-state index is 12.3. The summed E-state index contributed by atoms with van der Waals surface area (Å²) in [7, 11) is 0. The van der Waals surface area contributed by atoms with Crippen molar-refractivity contribution in [2.75, 3.05) is 6.61 Å². The molecule has 0 radical (unpaired) electrons. The Kier molecular flexibility index (Phi) is 7.12. The van der Waals surface area contributed by atoms with Crippen LogP contribution in [0.4, 0.5) is 13.2 Å². The van der Waals surface area contributed by atoms with Crippen molar-refractivity contribution >= 4 is 11.1 Å². The Hall–Kier alpha value is -0.920. The fourth-order valence-electron chi connectivity index (χ4n) is 1.10. The normalized spacial score (nSPS) is 12.9. The fourth-order valence-corrected chi connectivity index (χ4v) is 1.87. The van der Waals surface area contributed by atoms with Crippen molar-refractivity contribution in [2.45, 2.75) is 30.8 Å². The molecule has 1 unspecified atom stereocenters. The molecule has 0 amide bonds. The molecule has 0 spiro atoms. The first-order chi connectivity index (χ1) is 7.95. The van der Waals surface area contributed by atoms with Gasteiger partial charge in [0.05, 0.1) is 17.1 Å². The van der Waals surface area contributed by atoms with Gasteiger partial charge in [-0.2, -0.15) is 13.2 Å². The van der Waals surface area contributed by atoms with Crippen molar-refractivity contribution in [3.63, 3.8) is 0 Å². The van der Waals surface area contributed by atoms with E-state index in [2.05, 4.69) is 0 Å². The van der Waals surface area contributed by atoms with Crippen LogP contribution in [0.5, 0.6) is 0 Å². The molecular weight excluding hydrogens is 267 g/mol. The lowest BCUT2D eigenvalue weighted by molar-refractivity contribution is -0.137. The molecule has 1 aromatic carbocycles. The molecule has 1 aromatic rings. The summed E-state index contributed by atoms with van der Waals surface area (Å²) in [6.45, 7) is 2.30. The first-order valence-electron chi connectivity index (χ1n) is 5.17. The highest BCUT2D eigenvalue weighted by molar-refractivity contribution is 7.80. The van der Waals surface area contributed by atoms with Crippen LogP contribution in [0.1, 0.15) is 25.3 Å². The van der Waals surface area contributed by atoms with Gasteiger partial charge in [-0.1, -0.05) is 13.3 Å². The number of alkyl halides is 3. The third-order valence-electron chi connectivity index (χ3n) is 2.06. The molecular formula is C11H16F3NO2S. The molecule has 3 N–H and O–H groups in total. The molecule has 18 heavy (non-hydrogen) atoms. The van der Waals surface area contributed by atoms with Gasteiger partial charge in [-0.25, -0.2) is 4.21 Å². The summed E-state index contributed by atoms with van der Waals surface area (Å²) in [5.74, 6) is 0. The summed E-state index contributed by atoms with van der Waals surface area (Å²) in [6.07, 6.45) is -2.69. The minimum atomic E-state index is -4.37. The van der Waals surface area contributed by atoms with Crippen LogP contribution in [-0.2, 0) is 21.4 Å². The third kappa shape index (κ3) is 5.16. The minimum Gasteiger partial charge on any atom is -0.344 e. The van der Waals surface area contributed by atoms with Crippen molar-refractivity contribution in [2.24, 2.45) is 0 Å². The van der Waals surface area contributed by atoms with E-state index in [4.69, 9.17) is 4.18 Å². The molecule has 0 aliphatic heterocycles. The van der Waals surface area contributed by atoms with Gasteiger partial charge in [-0.3, -0.25) is 4.18 Å². The Labute approximate surface area is 107 Å². The van der Waals surface area contributed by atoms with Crippen molar-refractivity contribution in [3.05, 3.63) is 29.8 Å². The van der Waals surface area contributed by atoms with E-state index in [0.29, 0.717) is 6.61 Å². The van der Waals surface area contributed by atoms with Crippen LogP contribution < -0.4 is 6.15 Å². The second kappa shape index (κ2) is 7.50. The van der Waals surface area contributed by atoms with Crippen LogP contribution in [0.2, 0.25) is 0 Å². The van der Waals surface area contributed by atoms with E-state index in [1.54, 1.807) is 0 Å². The summed E-state index contributed by atoms with van der Waals surface area (Å²) < 4.78 is 53.3. The van der Waals surface area contributed by atoms with Gasteiger partial charge >= 0.3 is 6.18 Å². The standard InChI is InChI=1S/C11H13F3O2S.H3N/c1-2-3-8-16-17(15)10-6-4-9(5-7-10)11(12,13)14;/h4-7H,2-3,8H2,1H3;1H3. The van der Waals surface area contributed by atoms with Crippen LogP contribution in [-0.4, -0.2) is 10.8 Å². The summed E-state index contributed by atoms with van der Waals surface area (Å²) in [6, 6.07) is 4.14. The Morgan fingerprint density at radius 3 is 2.22 bits per heavy atom. The summed E-state index contributed by atoms with van der Waals surface area (Å²) in [5.41, 5.74) is -0.758. The number of rotatable bonds is 5. The zero-order valence-electron chi connectivity index (χ0n) is 10.00.